The molecule has 3 aromatic rings. The average Bonchev–Trinajstić information content (AvgIpc) is 2.91. The summed E-state index contributed by atoms with van der Waals surface area (Å²) < 4.78 is 27.3. The fourth-order valence-electron chi connectivity index (χ4n) is 2.03. The molecule has 102 valence electrons. The Morgan fingerprint density at radius 2 is 2.00 bits per heavy atom. The summed E-state index contributed by atoms with van der Waals surface area (Å²) in [6.45, 7) is 1.89. The van der Waals surface area contributed by atoms with Gasteiger partial charge in [-0.3, -0.25) is 4.98 Å². The minimum Gasteiger partial charge on any atom is -0.330 e. The lowest BCUT2D eigenvalue weighted by molar-refractivity contribution is 0.601. The van der Waals surface area contributed by atoms with Crippen molar-refractivity contribution in [1.82, 2.24) is 15.0 Å². The number of sulfonamides is 1. The molecule has 0 aliphatic rings. The molecule has 0 saturated carbocycles. The van der Waals surface area contributed by atoms with E-state index in [0.717, 1.165) is 5.56 Å². The van der Waals surface area contributed by atoms with Crippen LogP contribution in [0.1, 0.15) is 5.56 Å². The first-order valence-corrected chi connectivity index (χ1v) is 7.43. The molecule has 20 heavy (non-hydrogen) atoms. The van der Waals surface area contributed by atoms with Crippen molar-refractivity contribution in [2.75, 3.05) is 4.72 Å². The van der Waals surface area contributed by atoms with Crippen LogP contribution in [-0.2, 0) is 10.0 Å². The number of nitrogens with zero attached hydrogens (tertiary/aromatic N) is 2. The summed E-state index contributed by atoms with van der Waals surface area (Å²) in [6, 6.07) is 6.77. The molecule has 0 aliphatic carbocycles. The van der Waals surface area contributed by atoms with Crippen LogP contribution in [0.3, 0.4) is 0 Å². The molecular weight excluding hydrogens is 276 g/mol. The van der Waals surface area contributed by atoms with Crippen molar-refractivity contribution in [2.24, 2.45) is 0 Å². The summed E-state index contributed by atoms with van der Waals surface area (Å²) in [5.74, 6) is 0.183. The third-order valence-corrected chi connectivity index (χ3v) is 4.35. The van der Waals surface area contributed by atoms with Gasteiger partial charge in [0.15, 0.2) is 0 Å². The molecule has 7 heteroatoms. The molecule has 0 amide bonds. The maximum Gasteiger partial charge on any atom is 0.264 e. The minimum absolute atomic E-state index is 0.183. The lowest BCUT2D eigenvalue weighted by Gasteiger charge is -2.09. The summed E-state index contributed by atoms with van der Waals surface area (Å²) in [4.78, 5) is 11.0. The standard InChI is InChI=1S/C13H12N4O2S/c1-9-4-5-11(10-3-2-6-14-12(9)10)20(18,19)17-13-15-7-8-16-13/h2-8H,1H3,(H2,15,16,17). The number of hydrogen-bond acceptors (Lipinski definition) is 4. The molecule has 0 saturated heterocycles. The van der Waals surface area contributed by atoms with Crippen LogP contribution in [0.15, 0.2) is 47.8 Å². The molecule has 6 nitrogen and oxygen atoms in total. The van der Waals surface area contributed by atoms with E-state index < -0.39 is 10.0 Å². The Bertz CT molecular complexity index is 857. The fourth-order valence-corrected chi connectivity index (χ4v) is 3.20. The van der Waals surface area contributed by atoms with Gasteiger partial charge in [-0.2, -0.15) is 0 Å². The van der Waals surface area contributed by atoms with Crippen LogP contribution in [0.2, 0.25) is 0 Å². The smallest absolute Gasteiger partial charge is 0.264 e. The summed E-state index contributed by atoms with van der Waals surface area (Å²) in [7, 11) is -3.71. The highest BCUT2D eigenvalue weighted by atomic mass is 32.2. The first-order valence-electron chi connectivity index (χ1n) is 5.94. The molecule has 0 aliphatic heterocycles. The lowest BCUT2D eigenvalue weighted by atomic mass is 10.1. The Hall–Kier alpha value is -2.41. The zero-order valence-corrected chi connectivity index (χ0v) is 11.5. The summed E-state index contributed by atoms with van der Waals surface area (Å²) >= 11 is 0. The minimum atomic E-state index is -3.71. The predicted octanol–water partition coefficient (Wildman–Crippen LogP) is 2.07. The number of fused-ring (bicyclic) bond motifs is 1. The zero-order valence-electron chi connectivity index (χ0n) is 10.7. The number of rotatable bonds is 3. The Morgan fingerprint density at radius 3 is 2.75 bits per heavy atom. The molecule has 0 fully saturated rings. The van der Waals surface area contributed by atoms with Crippen LogP contribution in [0.25, 0.3) is 10.9 Å². The number of anilines is 1. The van der Waals surface area contributed by atoms with Gasteiger partial charge >= 0.3 is 0 Å². The Morgan fingerprint density at radius 1 is 1.15 bits per heavy atom. The second kappa shape index (κ2) is 4.61. The highest BCUT2D eigenvalue weighted by Gasteiger charge is 2.19. The van der Waals surface area contributed by atoms with Crippen molar-refractivity contribution in [3.63, 3.8) is 0 Å². The summed E-state index contributed by atoms with van der Waals surface area (Å²) in [5, 5.41) is 0.589. The highest BCUT2D eigenvalue weighted by molar-refractivity contribution is 7.93. The molecule has 3 rings (SSSR count). The van der Waals surface area contributed by atoms with Gasteiger partial charge < -0.3 is 4.98 Å². The molecular formula is C13H12N4O2S. The molecule has 0 radical (unpaired) electrons. The maximum absolute atomic E-state index is 12.4. The van der Waals surface area contributed by atoms with Crippen molar-refractivity contribution in [2.45, 2.75) is 11.8 Å². The number of aromatic amines is 1. The van der Waals surface area contributed by atoms with E-state index in [9.17, 15) is 8.42 Å². The van der Waals surface area contributed by atoms with Gasteiger partial charge in [0.2, 0.25) is 5.95 Å². The Balaban J connectivity index is 2.17. The van der Waals surface area contributed by atoms with Gasteiger partial charge in [-0.1, -0.05) is 6.07 Å². The first-order chi connectivity index (χ1) is 9.58. The third-order valence-electron chi connectivity index (χ3n) is 2.95. The number of aryl methyl sites for hydroxylation is 1. The van der Waals surface area contributed by atoms with Crippen molar-refractivity contribution >= 4 is 26.9 Å². The van der Waals surface area contributed by atoms with E-state index in [1.54, 1.807) is 36.7 Å². The number of pyridine rings is 1. The van der Waals surface area contributed by atoms with Crippen LogP contribution in [-0.4, -0.2) is 23.4 Å². The van der Waals surface area contributed by atoms with Crippen LogP contribution < -0.4 is 4.72 Å². The maximum atomic E-state index is 12.4. The van der Waals surface area contributed by atoms with Gasteiger partial charge in [0.1, 0.15) is 0 Å². The first kappa shape index (κ1) is 12.6. The topological polar surface area (TPSA) is 87.7 Å². The number of nitrogens with one attached hydrogen (secondary N) is 2. The quantitative estimate of drug-likeness (QED) is 0.772. The van der Waals surface area contributed by atoms with Crippen LogP contribution >= 0.6 is 0 Å². The number of H-pyrrole nitrogens is 1. The van der Waals surface area contributed by atoms with E-state index in [1.807, 2.05) is 6.92 Å². The van der Waals surface area contributed by atoms with Crippen molar-refractivity contribution in [1.29, 1.82) is 0 Å². The van der Waals surface area contributed by atoms with E-state index >= 15 is 0 Å². The molecule has 2 N–H and O–H groups in total. The van der Waals surface area contributed by atoms with Crippen molar-refractivity contribution in [3.8, 4) is 0 Å². The Kier molecular flexibility index (Phi) is 2.90. The third kappa shape index (κ3) is 2.12. The summed E-state index contributed by atoms with van der Waals surface area (Å²) in [6.07, 6.45) is 4.67. The molecule has 0 atom stereocenters. The van der Waals surface area contributed by atoms with E-state index in [4.69, 9.17) is 0 Å². The van der Waals surface area contributed by atoms with Crippen molar-refractivity contribution < 1.29 is 8.42 Å². The largest absolute Gasteiger partial charge is 0.330 e. The number of aromatic nitrogens is 3. The average molecular weight is 288 g/mol. The van der Waals surface area contributed by atoms with Crippen LogP contribution in [0.5, 0.6) is 0 Å². The van der Waals surface area contributed by atoms with Gasteiger partial charge in [-0.25, -0.2) is 18.1 Å². The van der Waals surface area contributed by atoms with Gasteiger partial charge in [-0.05, 0) is 30.7 Å². The predicted molar refractivity (Wildman–Crippen MR) is 75.9 cm³/mol. The second-order valence-corrected chi connectivity index (χ2v) is 5.97. The van der Waals surface area contributed by atoms with Crippen molar-refractivity contribution in [3.05, 3.63) is 48.4 Å². The molecule has 0 spiro atoms. The number of benzene rings is 1. The van der Waals surface area contributed by atoms with Gasteiger partial charge in [0.25, 0.3) is 10.0 Å². The van der Waals surface area contributed by atoms with Gasteiger partial charge in [0.05, 0.1) is 10.4 Å². The Labute approximate surface area is 115 Å². The van der Waals surface area contributed by atoms with Crippen LogP contribution in [0.4, 0.5) is 5.95 Å². The van der Waals surface area contributed by atoms with E-state index in [2.05, 4.69) is 19.7 Å². The second-order valence-electron chi connectivity index (χ2n) is 4.32. The van der Waals surface area contributed by atoms with E-state index in [-0.39, 0.29) is 10.8 Å². The van der Waals surface area contributed by atoms with E-state index in [0.29, 0.717) is 10.9 Å². The lowest BCUT2D eigenvalue weighted by Crippen LogP contribution is -2.14. The SMILES string of the molecule is Cc1ccc(S(=O)(=O)Nc2ncc[nH]2)c2cccnc12. The molecule has 2 aromatic heterocycles. The van der Waals surface area contributed by atoms with Gasteiger partial charge in [0, 0.05) is 24.0 Å². The number of hydrogen-bond donors (Lipinski definition) is 2. The van der Waals surface area contributed by atoms with E-state index in [1.165, 1.54) is 6.20 Å². The highest BCUT2D eigenvalue weighted by Crippen LogP contribution is 2.25. The monoisotopic (exact) mass is 288 g/mol. The molecule has 2 heterocycles. The summed E-state index contributed by atoms with van der Waals surface area (Å²) in [5.41, 5.74) is 1.60. The fraction of sp³-hybridized carbons (Fsp3) is 0.0769. The van der Waals surface area contributed by atoms with Gasteiger partial charge in [-0.15, -0.1) is 0 Å². The number of imidazole rings is 1. The normalized spacial score (nSPS) is 11.7. The molecule has 0 unspecified atom stereocenters. The molecule has 1 aromatic carbocycles. The molecule has 0 bridgehead atoms. The van der Waals surface area contributed by atoms with Crippen LogP contribution in [0, 0.1) is 6.92 Å². The zero-order chi connectivity index (χ0) is 14.2.